The van der Waals surface area contributed by atoms with Crippen molar-refractivity contribution in [1.29, 1.82) is 0 Å². The zero-order valence-electron chi connectivity index (χ0n) is 11.2. The minimum Gasteiger partial charge on any atom is -0.295 e. The molecular weight excluding hydrogens is 230 g/mol. The quantitative estimate of drug-likeness (QED) is 0.738. The van der Waals surface area contributed by atoms with Gasteiger partial charge in [-0.3, -0.25) is 9.98 Å². The number of hydrogen-bond acceptors (Lipinski definition) is 4. The van der Waals surface area contributed by atoms with Crippen molar-refractivity contribution < 1.29 is 0 Å². The molecule has 4 heteroatoms. The van der Waals surface area contributed by atoms with Gasteiger partial charge in [-0.2, -0.15) is 0 Å². The molecule has 0 aromatic carbocycles. The standard InChI is InChI=1S/C13H21N3S/c1-10-9-17-12(16-10)8-15-11(7-14-5)6-13(2,3)4/h9H,5-8H2,1-4H3. The maximum absolute atomic E-state index is 4.61. The zero-order chi connectivity index (χ0) is 12.9. The highest BCUT2D eigenvalue weighted by Gasteiger charge is 2.14. The monoisotopic (exact) mass is 251 g/mol. The van der Waals surface area contributed by atoms with Gasteiger partial charge in [0.05, 0.1) is 13.1 Å². The molecule has 94 valence electrons. The smallest absolute Gasteiger partial charge is 0.114 e. The summed E-state index contributed by atoms with van der Waals surface area (Å²) in [4.78, 5) is 13.0. The first-order valence-electron chi connectivity index (χ1n) is 5.76. The van der Waals surface area contributed by atoms with Crippen LogP contribution in [0.15, 0.2) is 15.4 Å². The Morgan fingerprint density at radius 2 is 2.18 bits per heavy atom. The predicted octanol–water partition coefficient (Wildman–Crippen LogP) is 3.53. The fourth-order valence-corrected chi connectivity index (χ4v) is 2.25. The van der Waals surface area contributed by atoms with E-state index in [1.54, 1.807) is 11.3 Å². The highest BCUT2D eigenvalue weighted by molar-refractivity contribution is 7.09. The van der Waals surface area contributed by atoms with Gasteiger partial charge in [-0.1, -0.05) is 20.8 Å². The van der Waals surface area contributed by atoms with E-state index in [1.165, 1.54) is 0 Å². The Morgan fingerprint density at radius 3 is 2.65 bits per heavy atom. The van der Waals surface area contributed by atoms with Crippen LogP contribution in [0.4, 0.5) is 0 Å². The molecule has 0 aliphatic carbocycles. The fourth-order valence-electron chi connectivity index (χ4n) is 1.56. The molecule has 0 atom stereocenters. The SMILES string of the molecule is C=NCC(CC(C)(C)C)=NCc1nc(C)cs1. The highest BCUT2D eigenvalue weighted by Crippen LogP contribution is 2.20. The summed E-state index contributed by atoms with van der Waals surface area (Å²) in [7, 11) is 0. The average Bonchev–Trinajstić information content (AvgIpc) is 2.59. The molecule has 0 spiro atoms. The summed E-state index contributed by atoms with van der Waals surface area (Å²) < 4.78 is 0. The Morgan fingerprint density at radius 1 is 1.47 bits per heavy atom. The van der Waals surface area contributed by atoms with Gasteiger partial charge in [-0.25, -0.2) is 4.98 Å². The van der Waals surface area contributed by atoms with Crippen LogP contribution in [0, 0.1) is 12.3 Å². The van der Waals surface area contributed by atoms with Gasteiger partial charge in [0.1, 0.15) is 5.01 Å². The first-order valence-corrected chi connectivity index (χ1v) is 6.64. The number of thiazole rings is 1. The Kier molecular flexibility index (Phi) is 5.00. The van der Waals surface area contributed by atoms with E-state index in [0.717, 1.165) is 22.8 Å². The molecular formula is C13H21N3S. The molecule has 1 aromatic rings. The van der Waals surface area contributed by atoms with Crippen LogP contribution in [0.2, 0.25) is 0 Å². The van der Waals surface area contributed by atoms with Crippen LogP contribution in [0.25, 0.3) is 0 Å². The minimum atomic E-state index is 0.238. The molecule has 0 amide bonds. The Labute approximate surface area is 108 Å². The Balaban J connectivity index is 2.66. The van der Waals surface area contributed by atoms with Crippen LogP contribution < -0.4 is 0 Å². The lowest BCUT2D eigenvalue weighted by atomic mass is 9.89. The van der Waals surface area contributed by atoms with Crippen molar-refractivity contribution in [2.24, 2.45) is 15.4 Å². The summed E-state index contributed by atoms with van der Waals surface area (Å²) in [6.45, 7) is 13.5. The van der Waals surface area contributed by atoms with Crippen molar-refractivity contribution in [2.45, 2.75) is 40.7 Å². The van der Waals surface area contributed by atoms with Gasteiger partial charge in [0, 0.05) is 16.8 Å². The summed E-state index contributed by atoms with van der Waals surface area (Å²) in [6, 6.07) is 0. The van der Waals surface area contributed by atoms with E-state index < -0.39 is 0 Å². The molecule has 0 aliphatic rings. The number of hydrogen-bond donors (Lipinski definition) is 0. The normalized spacial score (nSPS) is 12.8. The molecule has 1 heterocycles. The largest absolute Gasteiger partial charge is 0.295 e. The van der Waals surface area contributed by atoms with Crippen LogP contribution in [0.5, 0.6) is 0 Å². The maximum Gasteiger partial charge on any atom is 0.114 e. The molecule has 0 saturated carbocycles. The van der Waals surface area contributed by atoms with Gasteiger partial charge in [-0.05, 0) is 25.5 Å². The molecule has 0 aliphatic heterocycles. The molecule has 3 nitrogen and oxygen atoms in total. The predicted molar refractivity (Wildman–Crippen MR) is 76.5 cm³/mol. The summed E-state index contributed by atoms with van der Waals surface area (Å²) in [6.07, 6.45) is 0.955. The lowest BCUT2D eigenvalue weighted by molar-refractivity contribution is 0.432. The topological polar surface area (TPSA) is 37.6 Å². The average molecular weight is 251 g/mol. The third kappa shape index (κ3) is 5.73. The van der Waals surface area contributed by atoms with Gasteiger partial charge in [0.2, 0.25) is 0 Å². The molecule has 0 saturated heterocycles. The first-order chi connectivity index (χ1) is 7.90. The summed E-state index contributed by atoms with van der Waals surface area (Å²) in [5.74, 6) is 0. The second-order valence-corrected chi connectivity index (χ2v) is 6.33. The summed E-state index contributed by atoms with van der Waals surface area (Å²) >= 11 is 1.66. The zero-order valence-corrected chi connectivity index (χ0v) is 12.0. The van der Waals surface area contributed by atoms with Crippen molar-refractivity contribution in [3.8, 4) is 0 Å². The van der Waals surface area contributed by atoms with E-state index in [2.05, 4.69) is 47.8 Å². The molecule has 17 heavy (non-hydrogen) atoms. The van der Waals surface area contributed by atoms with Crippen molar-refractivity contribution in [1.82, 2.24) is 4.98 Å². The van der Waals surface area contributed by atoms with E-state index in [1.807, 2.05) is 6.92 Å². The van der Waals surface area contributed by atoms with Crippen LogP contribution in [0.3, 0.4) is 0 Å². The van der Waals surface area contributed by atoms with Crippen molar-refractivity contribution >= 4 is 23.8 Å². The third-order valence-electron chi connectivity index (χ3n) is 2.13. The molecule has 0 fully saturated rings. The van der Waals surface area contributed by atoms with Crippen molar-refractivity contribution in [3.63, 3.8) is 0 Å². The van der Waals surface area contributed by atoms with Gasteiger partial charge in [0.25, 0.3) is 0 Å². The van der Waals surface area contributed by atoms with E-state index >= 15 is 0 Å². The van der Waals surface area contributed by atoms with Crippen molar-refractivity contribution in [2.75, 3.05) is 6.54 Å². The second kappa shape index (κ2) is 6.05. The molecule has 0 unspecified atom stereocenters. The highest BCUT2D eigenvalue weighted by atomic mass is 32.1. The molecule has 0 N–H and O–H groups in total. The van der Waals surface area contributed by atoms with Crippen LogP contribution >= 0.6 is 11.3 Å². The van der Waals surface area contributed by atoms with Crippen molar-refractivity contribution in [3.05, 3.63) is 16.1 Å². The van der Waals surface area contributed by atoms with E-state index in [-0.39, 0.29) is 5.41 Å². The van der Waals surface area contributed by atoms with E-state index in [9.17, 15) is 0 Å². The number of nitrogens with zero attached hydrogens (tertiary/aromatic N) is 3. The van der Waals surface area contributed by atoms with Gasteiger partial charge >= 0.3 is 0 Å². The van der Waals surface area contributed by atoms with Gasteiger partial charge in [0.15, 0.2) is 0 Å². The van der Waals surface area contributed by atoms with Gasteiger partial charge in [-0.15, -0.1) is 11.3 Å². The van der Waals surface area contributed by atoms with Crippen LogP contribution in [-0.4, -0.2) is 24.0 Å². The Bertz CT molecular complexity index is 399. The molecule has 0 bridgehead atoms. The van der Waals surface area contributed by atoms with E-state index in [4.69, 9.17) is 0 Å². The molecule has 0 radical (unpaired) electrons. The number of rotatable bonds is 5. The lowest BCUT2D eigenvalue weighted by Crippen LogP contribution is -2.15. The summed E-state index contributed by atoms with van der Waals surface area (Å²) in [5.41, 5.74) is 2.42. The second-order valence-electron chi connectivity index (χ2n) is 5.38. The van der Waals surface area contributed by atoms with E-state index in [0.29, 0.717) is 13.1 Å². The minimum absolute atomic E-state index is 0.238. The number of aromatic nitrogens is 1. The molecule has 1 aromatic heterocycles. The van der Waals surface area contributed by atoms with Crippen LogP contribution in [-0.2, 0) is 6.54 Å². The van der Waals surface area contributed by atoms with Gasteiger partial charge < -0.3 is 0 Å². The Hall–Kier alpha value is -1.03. The van der Waals surface area contributed by atoms with Crippen LogP contribution in [0.1, 0.15) is 37.9 Å². The molecule has 1 rings (SSSR count). The summed E-state index contributed by atoms with van der Waals surface area (Å²) in [5, 5.41) is 3.12. The maximum atomic E-state index is 4.61. The fraction of sp³-hybridized carbons (Fsp3) is 0.615. The first kappa shape index (κ1) is 14.0. The number of aryl methyl sites for hydroxylation is 1. The lowest BCUT2D eigenvalue weighted by Gasteiger charge is -2.18. The third-order valence-corrected chi connectivity index (χ3v) is 3.08. The number of aliphatic imine (C=N–C) groups is 2.